The van der Waals surface area contributed by atoms with Crippen molar-refractivity contribution in [3.63, 3.8) is 0 Å². The third-order valence-electron chi connectivity index (χ3n) is 3.44. The molecule has 22 heavy (non-hydrogen) atoms. The highest BCUT2D eigenvalue weighted by Crippen LogP contribution is 2.20. The summed E-state index contributed by atoms with van der Waals surface area (Å²) >= 11 is 0. The maximum absolute atomic E-state index is 5.96. The molecule has 130 valence electrons. The van der Waals surface area contributed by atoms with Crippen LogP contribution in [0, 0.1) is 18.3 Å². The predicted octanol–water partition coefficient (Wildman–Crippen LogP) is 3.29. The molecule has 0 amide bonds. The molecule has 0 radical (unpaired) electrons. The molecule has 0 saturated carbocycles. The zero-order valence-corrected chi connectivity index (χ0v) is 15.2. The van der Waals surface area contributed by atoms with E-state index in [1.807, 2.05) is 0 Å². The molecule has 0 saturated heterocycles. The Labute approximate surface area is 136 Å². The van der Waals surface area contributed by atoms with E-state index in [1.54, 1.807) is 7.11 Å². The summed E-state index contributed by atoms with van der Waals surface area (Å²) in [5, 5.41) is 0. The van der Waals surface area contributed by atoms with Crippen LogP contribution in [0.5, 0.6) is 0 Å². The fourth-order valence-electron chi connectivity index (χ4n) is 1.87. The van der Waals surface area contributed by atoms with Crippen molar-refractivity contribution in [2.45, 2.75) is 58.7 Å². The Hall–Kier alpha value is -0.600. The van der Waals surface area contributed by atoms with Crippen LogP contribution in [-0.2, 0) is 18.9 Å². The normalized spacial score (nSPS) is 13.9. The first-order chi connectivity index (χ1) is 10.2. The van der Waals surface area contributed by atoms with Gasteiger partial charge in [-0.05, 0) is 40.5 Å². The SMILES string of the molecule is C#CCOCCC(C)(C)OCCC(C)(C)OC[C@H](C)COC. The lowest BCUT2D eigenvalue weighted by atomic mass is 10.0. The van der Waals surface area contributed by atoms with Gasteiger partial charge in [-0.1, -0.05) is 12.8 Å². The molecular weight excluding hydrogens is 280 g/mol. The highest BCUT2D eigenvalue weighted by molar-refractivity contribution is 4.83. The van der Waals surface area contributed by atoms with Crippen LogP contribution in [0.25, 0.3) is 0 Å². The quantitative estimate of drug-likeness (QED) is 0.386. The molecule has 4 nitrogen and oxygen atoms in total. The Bertz CT molecular complexity index is 318. The van der Waals surface area contributed by atoms with Gasteiger partial charge in [-0.3, -0.25) is 0 Å². The van der Waals surface area contributed by atoms with Crippen LogP contribution in [0.3, 0.4) is 0 Å². The van der Waals surface area contributed by atoms with E-state index in [9.17, 15) is 0 Å². The fraction of sp³-hybridized carbons (Fsp3) is 0.889. The lowest BCUT2D eigenvalue weighted by Gasteiger charge is -2.30. The molecule has 0 heterocycles. The van der Waals surface area contributed by atoms with Gasteiger partial charge in [-0.15, -0.1) is 6.42 Å². The number of hydrogen-bond donors (Lipinski definition) is 0. The number of hydrogen-bond acceptors (Lipinski definition) is 4. The molecule has 0 aromatic rings. The van der Waals surface area contributed by atoms with Crippen molar-refractivity contribution in [3.8, 4) is 12.3 Å². The van der Waals surface area contributed by atoms with Crippen molar-refractivity contribution in [1.29, 1.82) is 0 Å². The maximum Gasteiger partial charge on any atom is 0.107 e. The van der Waals surface area contributed by atoms with E-state index in [4.69, 9.17) is 25.4 Å². The monoisotopic (exact) mass is 314 g/mol. The summed E-state index contributed by atoms with van der Waals surface area (Å²) in [6.07, 6.45) is 6.82. The van der Waals surface area contributed by atoms with Crippen molar-refractivity contribution >= 4 is 0 Å². The average molecular weight is 314 g/mol. The van der Waals surface area contributed by atoms with Crippen LogP contribution >= 0.6 is 0 Å². The molecule has 0 fully saturated rings. The smallest absolute Gasteiger partial charge is 0.107 e. The topological polar surface area (TPSA) is 36.9 Å². The summed E-state index contributed by atoms with van der Waals surface area (Å²) in [6.45, 7) is 13.5. The van der Waals surface area contributed by atoms with Crippen LogP contribution < -0.4 is 0 Å². The van der Waals surface area contributed by atoms with Crippen molar-refractivity contribution in [1.82, 2.24) is 0 Å². The predicted molar refractivity (Wildman–Crippen MR) is 90.0 cm³/mol. The molecule has 0 aromatic carbocycles. The Morgan fingerprint density at radius 1 is 0.955 bits per heavy atom. The molecule has 0 aliphatic rings. The van der Waals surface area contributed by atoms with E-state index in [0.717, 1.165) is 19.4 Å². The third kappa shape index (κ3) is 12.0. The molecule has 0 bridgehead atoms. The lowest BCUT2D eigenvalue weighted by molar-refractivity contribution is -0.0882. The second-order valence-corrected chi connectivity index (χ2v) is 7.00. The minimum atomic E-state index is -0.214. The van der Waals surface area contributed by atoms with Gasteiger partial charge in [0, 0.05) is 13.0 Å². The molecule has 0 aromatic heterocycles. The average Bonchev–Trinajstić information content (AvgIpc) is 2.41. The minimum absolute atomic E-state index is 0.196. The summed E-state index contributed by atoms with van der Waals surface area (Å²) in [6, 6.07) is 0. The molecule has 0 aliphatic heterocycles. The first-order valence-electron chi connectivity index (χ1n) is 8.00. The van der Waals surface area contributed by atoms with Crippen LogP contribution in [0.2, 0.25) is 0 Å². The molecular formula is C18H34O4. The van der Waals surface area contributed by atoms with Crippen molar-refractivity contribution in [2.75, 3.05) is 40.1 Å². The van der Waals surface area contributed by atoms with E-state index in [-0.39, 0.29) is 11.2 Å². The third-order valence-corrected chi connectivity index (χ3v) is 3.44. The lowest BCUT2D eigenvalue weighted by Crippen LogP contribution is -2.33. The Kier molecular flexibility index (Phi) is 10.7. The summed E-state index contributed by atoms with van der Waals surface area (Å²) < 4.78 is 22.4. The first-order valence-corrected chi connectivity index (χ1v) is 8.00. The van der Waals surface area contributed by atoms with Gasteiger partial charge in [0.25, 0.3) is 0 Å². The summed E-state index contributed by atoms with van der Waals surface area (Å²) in [5.74, 6) is 2.86. The van der Waals surface area contributed by atoms with Gasteiger partial charge in [-0.2, -0.15) is 0 Å². The Morgan fingerprint density at radius 2 is 1.55 bits per heavy atom. The second kappa shape index (κ2) is 11.0. The van der Waals surface area contributed by atoms with E-state index in [1.165, 1.54) is 0 Å². The zero-order chi connectivity index (χ0) is 17.1. The Balaban J connectivity index is 3.92. The van der Waals surface area contributed by atoms with Crippen LogP contribution in [0.15, 0.2) is 0 Å². The van der Waals surface area contributed by atoms with E-state index in [0.29, 0.717) is 32.3 Å². The molecule has 0 unspecified atom stereocenters. The standard InChI is InChI=1S/C18H34O4/c1-8-11-20-12-9-17(3,4)21-13-10-18(5,6)22-15-16(2)14-19-7/h1,16H,9-15H2,2-7H3/t16-/m1/s1. The van der Waals surface area contributed by atoms with Gasteiger partial charge in [0.15, 0.2) is 0 Å². The van der Waals surface area contributed by atoms with E-state index < -0.39 is 0 Å². The summed E-state index contributed by atoms with van der Waals surface area (Å²) in [7, 11) is 1.71. The number of ether oxygens (including phenoxy) is 4. The van der Waals surface area contributed by atoms with Crippen molar-refractivity contribution in [3.05, 3.63) is 0 Å². The summed E-state index contributed by atoms with van der Waals surface area (Å²) in [4.78, 5) is 0. The number of methoxy groups -OCH3 is 1. The second-order valence-electron chi connectivity index (χ2n) is 7.00. The number of rotatable bonds is 13. The largest absolute Gasteiger partial charge is 0.384 e. The highest BCUT2D eigenvalue weighted by atomic mass is 16.5. The minimum Gasteiger partial charge on any atom is -0.384 e. The van der Waals surface area contributed by atoms with Gasteiger partial charge in [0.05, 0.1) is 37.6 Å². The molecule has 1 atom stereocenters. The zero-order valence-electron chi connectivity index (χ0n) is 15.2. The van der Waals surface area contributed by atoms with Crippen LogP contribution in [-0.4, -0.2) is 51.3 Å². The van der Waals surface area contributed by atoms with E-state index >= 15 is 0 Å². The molecule has 4 heteroatoms. The Morgan fingerprint density at radius 3 is 2.14 bits per heavy atom. The van der Waals surface area contributed by atoms with Crippen LogP contribution in [0.4, 0.5) is 0 Å². The van der Waals surface area contributed by atoms with Gasteiger partial charge in [0.2, 0.25) is 0 Å². The van der Waals surface area contributed by atoms with Crippen molar-refractivity contribution in [2.24, 2.45) is 5.92 Å². The first kappa shape index (κ1) is 21.4. The molecule has 0 N–H and O–H groups in total. The van der Waals surface area contributed by atoms with Gasteiger partial charge < -0.3 is 18.9 Å². The van der Waals surface area contributed by atoms with Crippen LogP contribution in [0.1, 0.15) is 47.5 Å². The highest BCUT2D eigenvalue weighted by Gasteiger charge is 2.23. The molecule has 0 aliphatic carbocycles. The number of terminal acetylenes is 1. The molecule has 0 rings (SSSR count). The maximum atomic E-state index is 5.96. The molecule has 0 spiro atoms. The summed E-state index contributed by atoms with van der Waals surface area (Å²) in [5.41, 5.74) is -0.411. The fourth-order valence-corrected chi connectivity index (χ4v) is 1.87. The van der Waals surface area contributed by atoms with Gasteiger partial charge in [0.1, 0.15) is 6.61 Å². The van der Waals surface area contributed by atoms with Gasteiger partial charge in [-0.25, -0.2) is 0 Å². The van der Waals surface area contributed by atoms with Gasteiger partial charge >= 0.3 is 0 Å². The van der Waals surface area contributed by atoms with E-state index in [2.05, 4.69) is 40.5 Å². The van der Waals surface area contributed by atoms with Crippen molar-refractivity contribution < 1.29 is 18.9 Å².